The van der Waals surface area contributed by atoms with E-state index in [-0.39, 0.29) is 30.4 Å². The number of aliphatic hydroxyl groups is 1. The van der Waals surface area contributed by atoms with Crippen molar-refractivity contribution in [1.29, 1.82) is 0 Å². The molecule has 0 radical (unpaired) electrons. The smallest absolute Gasteiger partial charge is 0.239 e. The lowest BCUT2D eigenvalue weighted by molar-refractivity contribution is -0.122. The number of nitrogens with zero attached hydrogens (tertiary/aromatic N) is 3. The van der Waals surface area contributed by atoms with Crippen molar-refractivity contribution in [2.24, 2.45) is 0 Å². The number of benzene rings is 2. The molecule has 0 bridgehead atoms. The van der Waals surface area contributed by atoms with Crippen molar-refractivity contribution >= 4 is 22.0 Å². The Morgan fingerprint density at radius 1 is 1.07 bits per heavy atom. The minimum absolute atomic E-state index is 0.0422. The fraction of sp³-hybridized carbons (Fsp3) is 0.375. The fourth-order valence-electron chi connectivity index (χ4n) is 4.21. The van der Waals surface area contributed by atoms with Gasteiger partial charge >= 0.3 is 0 Å². The first-order valence-corrected chi connectivity index (χ1v) is 15.7. The van der Waals surface area contributed by atoms with E-state index < -0.39 is 16.3 Å². The Kier molecular flexibility index (Phi) is 12.4. The van der Waals surface area contributed by atoms with E-state index in [9.17, 15) is 17.9 Å². The van der Waals surface area contributed by atoms with Gasteiger partial charge in [-0.25, -0.2) is 27.1 Å². The molecule has 1 N–H and O–H groups in total. The largest absolute Gasteiger partial charge is 0.373 e. The first-order chi connectivity index (χ1) is 20.0. The molecule has 0 saturated heterocycles. The number of hydrogen-bond donors (Lipinski definition) is 1. The van der Waals surface area contributed by atoms with Gasteiger partial charge in [0, 0.05) is 24.6 Å². The van der Waals surface area contributed by atoms with Crippen LogP contribution in [0.3, 0.4) is 0 Å². The second-order valence-electron chi connectivity index (χ2n) is 10.3. The maximum absolute atomic E-state index is 13.8. The zero-order chi connectivity index (χ0) is 30.7. The molecule has 10 heteroatoms. The van der Waals surface area contributed by atoms with Crippen LogP contribution in [0.2, 0.25) is 0 Å². The SMILES string of the molecule is C=CCOC(O)C[C@@H](CC/C=C/c1c(-c2ccc(F)cc2)nc(N(C)S(C)(=O)=O)nc1C(C)C)OCc1ccccc1. The standard InChI is InChI=1S/C32H40FN3O5S/c1-6-20-40-29(37)21-27(41-22-24-12-8-7-9-13-24)14-10-11-15-28-30(23(2)3)34-32(36(4)42(5,38)39)35-31(28)25-16-18-26(33)19-17-25/h6-9,11-13,15-19,23,27,29,37H,1,10,14,20-22H2,2-5H3/b15-11+/t27-,29?/m1/s1. The van der Waals surface area contributed by atoms with Crippen molar-refractivity contribution in [3.8, 4) is 11.3 Å². The topological polar surface area (TPSA) is 102 Å². The molecule has 0 fully saturated rings. The van der Waals surface area contributed by atoms with E-state index >= 15 is 0 Å². The molecule has 1 heterocycles. The molecule has 226 valence electrons. The molecule has 3 aromatic rings. The first kappa shape index (κ1) is 33.1. The van der Waals surface area contributed by atoms with Crippen LogP contribution in [-0.2, 0) is 26.1 Å². The second kappa shape index (κ2) is 15.7. The number of sulfonamides is 1. The Hall–Kier alpha value is -3.44. The van der Waals surface area contributed by atoms with E-state index in [1.807, 2.05) is 56.3 Å². The summed E-state index contributed by atoms with van der Waals surface area (Å²) < 4.78 is 50.9. The third-order valence-electron chi connectivity index (χ3n) is 6.55. The highest BCUT2D eigenvalue weighted by molar-refractivity contribution is 7.92. The lowest BCUT2D eigenvalue weighted by atomic mass is 9.97. The van der Waals surface area contributed by atoms with Crippen molar-refractivity contribution in [1.82, 2.24) is 9.97 Å². The molecule has 3 rings (SSSR count). The molecule has 0 amide bonds. The molecule has 8 nitrogen and oxygen atoms in total. The van der Waals surface area contributed by atoms with Crippen molar-refractivity contribution in [2.75, 3.05) is 24.2 Å². The molecule has 0 aliphatic carbocycles. The predicted octanol–water partition coefficient (Wildman–Crippen LogP) is 6.09. The summed E-state index contributed by atoms with van der Waals surface area (Å²) in [5.41, 5.74) is 3.55. The molecule has 0 spiro atoms. The monoisotopic (exact) mass is 597 g/mol. The van der Waals surface area contributed by atoms with Gasteiger partial charge in [0.25, 0.3) is 0 Å². The van der Waals surface area contributed by atoms with Gasteiger partial charge in [0.1, 0.15) is 5.82 Å². The van der Waals surface area contributed by atoms with Gasteiger partial charge in [-0.15, -0.1) is 6.58 Å². The van der Waals surface area contributed by atoms with Gasteiger partial charge in [-0.3, -0.25) is 0 Å². The number of aliphatic hydroxyl groups excluding tert-OH is 1. The minimum atomic E-state index is -3.61. The predicted molar refractivity (Wildman–Crippen MR) is 165 cm³/mol. The molecule has 1 aromatic heterocycles. The normalized spacial score (nSPS) is 13.4. The van der Waals surface area contributed by atoms with Crippen LogP contribution in [0.4, 0.5) is 10.3 Å². The van der Waals surface area contributed by atoms with Crippen molar-refractivity contribution in [2.45, 2.75) is 58.0 Å². The van der Waals surface area contributed by atoms with Crippen molar-refractivity contribution in [3.05, 3.63) is 96.0 Å². The van der Waals surface area contributed by atoms with Crippen LogP contribution < -0.4 is 4.31 Å². The van der Waals surface area contributed by atoms with Crippen LogP contribution in [0, 0.1) is 5.82 Å². The molecule has 2 atom stereocenters. The van der Waals surface area contributed by atoms with Crippen LogP contribution in [0.5, 0.6) is 0 Å². The van der Waals surface area contributed by atoms with E-state index in [1.54, 1.807) is 18.2 Å². The Balaban J connectivity index is 1.90. The number of allylic oxidation sites excluding steroid dienone is 1. The lowest BCUT2D eigenvalue weighted by Crippen LogP contribution is -2.27. The van der Waals surface area contributed by atoms with Gasteiger partial charge in [-0.2, -0.15) is 0 Å². The molecule has 0 aliphatic heterocycles. The zero-order valence-electron chi connectivity index (χ0n) is 24.6. The third kappa shape index (κ3) is 9.84. The molecule has 42 heavy (non-hydrogen) atoms. The third-order valence-corrected chi connectivity index (χ3v) is 7.70. The number of rotatable bonds is 16. The average Bonchev–Trinajstić information content (AvgIpc) is 2.96. The van der Waals surface area contributed by atoms with Crippen molar-refractivity contribution < 1.29 is 27.4 Å². The lowest BCUT2D eigenvalue weighted by Gasteiger charge is -2.21. The Labute approximate surface area is 248 Å². The van der Waals surface area contributed by atoms with Crippen LogP contribution in [-0.4, -0.2) is 55.8 Å². The number of anilines is 1. The van der Waals surface area contributed by atoms with Gasteiger partial charge in [-0.1, -0.05) is 62.4 Å². The summed E-state index contributed by atoms with van der Waals surface area (Å²) in [6.07, 6.45) is 6.81. The van der Waals surface area contributed by atoms with Crippen LogP contribution in [0.25, 0.3) is 17.3 Å². The first-order valence-electron chi connectivity index (χ1n) is 13.8. The van der Waals surface area contributed by atoms with E-state index in [4.69, 9.17) is 9.47 Å². The number of halogens is 1. The van der Waals surface area contributed by atoms with Gasteiger partial charge in [-0.05, 0) is 48.6 Å². The van der Waals surface area contributed by atoms with Gasteiger partial charge < -0.3 is 14.6 Å². The Morgan fingerprint density at radius 2 is 1.76 bits per heavy atom. The minimum Gasteiger partial charge on any atom is -0.373 e. The average molecular weight is 598 g/mol. The molecule has 1 unspecified atom stereocenters. The van der Waals surface area contributed by atoms with E-state index in [0.29, 0.717) is 42.8 Å². The maximum Gasteiger partial charge on any atom is 0.239 e. The second-order valence-corrected chi connectivity index (χ2v) is 12.3. The van der Waals surface area contributed by atoms with E-state index in [0.717, 1.165) is 21.7 Å². The van der Waals surface area contributed by atoms with E-state index in [1.165, 1.54) is 19.2 Å². The van der Waals surface area contributed by atoms with Crippen LogP contribution in [0.15, 0.2) is 73.3 Å². The molecule has 2 aromatic carbocycles. The summed E-state index contributed by atoms with van der Waals surface area (Å²) in [5, 5.41) is 10.3. The summed E-state index contributed by atoms with van der Waals surface area (Å²) in [5.74, 6) is -0.401. The Bertz CT molecular complexity index is 1430. The summed E-state index contributed by atoms with van der Waals surface area (Å²) in [4.78, 5) is 9.22. The highest BCUT2D eigenvalue weighted by atomic mass is 32.2. The highest BCUT2D eigenvalue weighted by Gasteiger charge is 2.22. The summed E-state index contributed by atoms with van der Waals surface area (Å²) in [7, 11) is -2.20. The zero-order valence-corrected chi connectivity index (χ0v) is 25.4. The summed E-state index contributed by atoms with van der Waals surface area (Å²) in [6.45, 7) is 8.20. The number of hydrogen-bond acceptors (Lipinski definition) is 7. The molecule has 0 saturated carbocycles. The maximum atomic E-state index is 13.8. The summed E-state index contributed by atoms with van der Waals surface area (Å²) >= 11 is 0. The molecule has 0 aliphatic rings. The number of aromatic nitrogens is 2. The summed E-state index contributed by atoms with van der Waals surface area (Å²) in [6, 6.07) is 15.7. The van der Waals surface area contributed by atoms with Gasteiger partial charge in [0.2, 0.25) is 16.0 Å². The van der Waals surface area contributed by atoms with Crippen molar-refractivity contribution in [3.63, 3.8) is 0 Å². The fourth-order valence-corrected chi connectivity index (χ4v) is 4.59. The molecular formula is C32H40FN3O5S. The molecular weight excluding hydrogens is 557 g/mol. The van der Waals surface area contributed by atoms with Crippen LogP contribution in [0.1, 0.15) is 55.8 Å². The highest BCUT2D eigenvalue weighted by Crippen LogP contribution is 2.32. The Morgan fingerprint density at radius 3 is 2.38 bits per heavy atom. The number of ether oxygens (including phenoxy) is 2. The van der Waals surface area contributed by atoms with Gasteiger partial charge in [0.05, 0.1) is 37.0 Å². The van der Waals surface area contributed by atoms with Gasteiger partial charge in [0.15, 0.2) is 6.29 Å². The quantitative estimate of drug-likeness (QED) is 0.157. The van der Waals surface area contributed by atoms with Crippen LogP contribution >= 0.6 is 0 Å². The van der Waals surface area contributed by atoms with E-state index in [2.05, 4.69) is 16.5 Å².